The molecule has 118 valence electrons. The number of sulfonamides is 1. The second-order valence-electron chi connectivity index (χ2n) is 5.64. The molecule has 7 heteroatoms. The molecule has 21 heavy (non-hydrogen) atoms. The first-order valence-electron chi connectivity index (χ1n) is 7.03. The normalized spacial score (nSPS) is 26.2. The molecule has 0 amide bonds. The maximum Gasteiger partial charge on any atom is 0.243 e. The second-order valence-corrected chi connectivity index (χ2v) is 7.32. The van der Waals surface area contributed by atoms with Crippen molar-refractivity contribution in [2.45, 2.75) is 44.0 Å². The molecular weight excluding hydrogens is 298 g/mol. The van der Waals surface area contributed by atoms with E-state index in [4.69, 9.17) is 5.73 Å². The van der Waals surface area contributed by atoms with Crippen molar-refractivity contribution in [3.05, 3.63) is 23.8 Å². The van der Waals surface area contributed by atoms with Crippen LogP contribution in [0, 0.1) is 23.5 Å². The van der Waals surface area contributed by atoms with Crippen LogP contribution in [-0.2, 0) is 10.0 Å². The van der Waals surface area contributed by atoms with E-state index < -0.39 is 26.6 Å². The van der Waals surface area contributed by atoms with Gasteiger partial charge in [-0.25, -0.2) is 21.9 Å². The minimum Gasteiger partial charge on any atom is -0.396 e. The number of hydrogen-bond donors (Lipinski definition) is 2. The van der Waals surface area contributed by atoms with Crippen LogP contribution >= 0.6 is 0 Å². The number of nitrogens with two attached hydrogens (primary N) is 1. The zero-order valence-corrected chi connectivity index (χ0v) is 12.9. The predicted octanol–water partition coefficient (Wildman–Crippen LogP) is 2.65. The summed E-state index contributed by atoms with van der Waals surface area (Å²) in [6, 6.07) is 1.09. The Kier molecular flexibility index (Phi) is 4.53. The quantitative estimate of drug-likeness (QED) is 0.838. The number of nitrogen functional groups attached to an aromatic ring is 1. The molecule has 0 heterocycles. The van der Waals surface area contributed by atoms with E-state index >= 15 is 0 Å². The molecule has 1 aliphatic carbocycles. The number of rotatable bonds is 4. The Hall–Kier alpha value is -1.21. The lowest BCUT2D eigenvalue weighted by atomic mass is 9.94. The maximum atomic E-state index is 13.7. The SMILES string of the molecule is CCC1CCC(NS(=O)(=O)c2cc(N)c(F)cc2F)C1C. The molecule has 2 rings (SSSR count). The van der Waals surface area contributed by atoms with Crippen LogP contribution in [-0.4, -0.2) is 14.5 Å². The second kappa shape index (κ2) is 5.88. The molecule has 0 bridgehead atoms. The summed E-state index contributed by atoms with van der Waals surface area (Å²) in [6.07, 6.45) is 2.65. The number of nitrogens with one attached hydrogen (secondary N) is 1. The largest absolute Gasteiger partial charge is 0.396 e. The topological polar surface area (TPSA) is 72.2 Å². The van der Waals surface area contributed by atoms with Crippen LogP contribution in [0.4, 0.5) is 14.5 Å². The van der Waals surface area contributed by atoms with Crippen molar-refractivity contribution in [2.24, 2.45) is 11.8 Å². The Balaban J connectivity index is 2.26. The highest BCUT2D eigenvalue weighted by molar-refractivity contribution is 7.89. The summed E-state index contributed by atoms with van der Waals surface area (Å²) in [4.78, 5) is -0.603. The summed E-state index contributed by atoms with van der Waals surface area (Å²) in [5.41, 5.74) is 4.94. The van der Waals surface area contributed by atoms with Gasteiger partial charge in [-0.05, 0) is 30.7 Å². The lowest BCUT2D eigenvalue weighted by Gasteiger charge is -2.21. The van der Waals surface area contributed by atoms with Crippen LogP contribution in [0.3, 0.4) is 0 Å². The van der Waals surface area contributed by atoms with Gasteiger partial charge in [0.2, 0.25) is 10.0 Å². The third-order valence-corrected chi connectivity index (χ3v) is 5.90. The highest BCUT2D eigenvalue weighted by Crippen LogP contribution is 2.35. The van der Waals surface area contributed by atoms with Gasteiger partial charge in [-0.2, -0.15) is 0 Å². The molecule has 0 spiro atoms. The van der Waals surface area contributed by atoms with Crippen LogP contribution in [0.25, 0.3) is 0 Å². The van der Waals surface area contributed by atoms with E-state index in [9.17, 15) is 17.2 Å². The maximum absolute atomic E-state index is 13.7. The average Bonchev–Trinajstić information content (AvgIpc) is 2.74. The van der Waals surface area contributed by atoms with Gasteiger partial charge in [0.15, 0.2) is 0 Å². The smallest absolute Gasteiger partial charge is 0.243 e. The molecule has 0 radical (unpaired) electrons. The summed E-state index contributed by atoms with van der Waals surface area (Å²) >= 11 is 0. The van der Waals surface area contributed by atoms with Gasteiger partial charge in [-0.15, -0.1) is 0 Å². The van der Waals surface area contributed by atoms with Gasteiger partial charge in [-0.3, -0.25) is 0 Å². The summed E-state index contributed by atoms with van der Waals surface area (Å²) in [5, 5.41) is 0. The van der Waals surface area contributed by atoms with Crippen molar-refractivity contribution in [1.82, 2.24) is 4.72 Å². The first-order chi connectivity index (χ1) is 9.76. The molecule has 3 N–H and O–H groups in total. The Bertz CT molecular complexity index is 634. The van der Waals surface area contributed by atoms with Crippen molar-refractivity contribution in [1.29, 1.82) is 0 Å². The molecule has 3 unspecified atom stereocenters. The van der Waals surface area contributed by atoms with Crippen LogP contribution in [0.5, 0.6) is 0 Å². The van der Waals surface area contributed by atoms with E-state index in [0.29, 0.717) is 12.0 Å². The molecule has 1 aliphatic rings. The highest BCUT2D eigenvalue weighted by atomic mass is 32.2. The molecule has 0 saturated heterocycles. The van der Waals surface area contributed by atoms with E-state index in [1.807, 2.05) is 6.92 Å². The minimum absolute atomic E-state index is 0.186. The molecular formula is C14H20F2N2O2S. The number of hydrogen-bond acceptors (Lipinski definition) is 3. The van der Waals surface area contributed by atoms with E-state index in [0.717, 1.165) is 25.3 Å². The lowest BCUT2D eigenvalue weighted by molar-refractivity contribution is 0.368. The average molecular weight is 318 g/mol. The third-order valence-electron chi connectivity index (χ3n) is 4.40. The van der Waals surface area contributed by atoms with Gasteiger partial charge in [-0.1, -0.05) is 20.3 Å². The number of halogens is 2. The van der Waals surface area contributed by atoms with E-state index in [1.54, 1.807) is 0 Å². The van der Waals surface area contributed by atoms with Crippen LogP contribution < -0.4 is 10.5 Å². The van der Waals surface area contributed by atoms with Crippen molar-refractivity contribution < 1.29 is 17.2 Å². The first kappa shape index (κ1) is 16.2. The fraction of sp³-hybridized carbons (Fsp3) is 0.571. The van der Waals surface area contributed by atoms with E-state index in [-0.39, 0.29) is 17.6 Å². The molecule has 1 saturated carbocycles. The number of benzene rings is 1. The molecule has 1 aromatic carbocycles. The Labute approximate surface area is 123 Å². The van der Waals surface area contributed by atoms with Crippen molar-refractivity contribution in [3.63, 3.8) is 0 Å². The summed E-state index contributed by atoms with van der Waals surface area (Å²) in [7, 11) is -4.05. The van der Waals surface area contributed by atoms with Crippen LogP contribution in [0.1, 0.15) is 33.1 Å². The van der Waals surface area contributed by atoms with Crippen molar-refractivity contribution >= 4 is 15.7 Å². The Morgan fingerprint density at radius 2 is 1.95 bits per heavy atom. The van der Waals surface area contributed by atoms with E-state index in [1.165, 1.54) is 0 Å². The van der Waals surface area contributed by atoms with Crippen LogP contribution in [0.2, 0.25) is 0 Å². The number of anilines is 1. The first-order valence-corrected chi connectivity index (χ1v) is 8.51. The predicted molar refractivity (Wildman–Crippen MR) is 77.1 cm³/mol. The minimum atomic E-state index is -4.05. The summed E-state index contributed by atoms with van der Waals surface area (Å²) in [5.74, 6) is -1.45. The molecule has 0 aromatic heterocycles. The zero-order valence-electron chi connectivity index (χ0n) is 12.1. The van der Waals surface area contributed by atoms with Gasteiger partial charge in [0.1, 0.15) is 16.5 Å². The zero-order chi connectivity index (χ0) is 15.8. The molecule has 1 fully saturated rings. The molecule has 1 aromatic rings. The third kappa shape index (κ3) is 3.18. The van der Waals surface area contributed by atoms with Crippen molar-refractivity contribution in [2.75, 3.05) is 5.73 Å². The van der Waals surface area contributed by atoms with E-state index in [2.05, 4.69) is 11.6 Å². The van der Waals surface area contributed by atoms with Gasteiger partial charge < -0.3 is 5.73 Å². The fourth-order valence-corrected chi connectivity index (χ4v) is 4.46. The van der Waals surface area contributed by atoms with Crippen molar-refractivity contribution in [3.8, 4) is 0 Å². The van der Waals surface area contributed by atoms with Gasteiger partial charge in [0, 0.05) is 12.1 Å². The summed E-state index contributed by atoms with van der Waals surface area (Å²) in [6.45, 7) is 4.06. The Morgan fingerprint density at radius 3 is 2.52 bits per heavy atom. The van der Waals surface area contributed by atoms with Gasteiger partial charge >= 0.3 is 0 Å². The Morgan fingerprint density at radius 1 is 1.29 bits per heavy atom. The summed E-state index contributed by atoms with van der Waals surface area (Å²) < 4.78 is 54.0. The van der Waals surface area contributed by atoms with Gasteiger partial charge in [0.05, 0.1) is 5.69 Å². The standard InChI is InChI=1S/C14H20F2N2O2S/c1-3-9-4-5-13(8(9)2)18-21(19,20)14-7-12(17)10(15)6-11(14)16/h6-9,13,18H,3-5,17H2,1-2H3. The molecule has 0 aliphatic heterocycles. The monoisotopic (exact) mass is 318 g/mol. The highest BCUT2D eigenvalue weighted by Gasteiger charge is 2.35. The van der Waals surface area contributed by atoms with Gasteiger partial charge in [0.25, 0.3) is 0 Å². The molecule has 4 nitrogen and oxygen atoms in total. The van der Waals surface area contributed by atoms with Crippen LogP contribution in [0.15, 0.2) is 17.0 Å². The molecule has 3 atom stereocenters. The fourth-order valence-electron chi connectivity index (χ4n) is 3.00. The lowest BCUT2D eigenvalue weighted by Crippen LogP contribution is -2.37.